The highest BCUT2D eigenvalue weighted by Gasteiger charge is 2.58. The molecule has 40 heavy (non-hydrogen) atoms. The zero-order chi connectivity index (χ0) is 30.7. The van der Waals surface area contributed by atoms with Gasteiger partial charge in [0.05, 0.1) is 5.57 Å². The lowest BCUT2D eigenvalue weighted by atomic mass is 9.44. The molecule has 0 unspecified atom stereocenters. The highest BCUT2D eigenvalue weighted by molar-refractivity contribution is 6.02. The molecule has 1 fully saturated rings. The van der Waals surface area contributed by atoms with Crippen molar-refractivity contribution in [3.05, 3.63) is 23.3 Å². The molecule has 2 rings (SSSR count). The third-order valence-corrected chi connectivity index (χ3v) is 11.2. The van der Waals surface area contributed by atoms with E-state index in [0.29, 0.717) is 6.42 Å². The third-order valence-electron chi connectivity index (χ3n) is 11.2. The number of carboxylic acids is 1. The van der Waals surface area contributed by atoms with Crippen LogP contribution in [0.4, 0.5) is 0 Å². The van der Waals surface area contributed by atoms with Crippen LogP contribution in [-0.4, -0.2) is 22.6 Å². The minimum Gasteiger partial charge on any atom is -0.481 e. The van der Waals surface area contributed by atoms with Crippen LogP contribution in [0, 0.1) is 50.2 Å². The average molecular weight is 554 g/mol. The molecule has 0 aromatic heterocycles. The fourth-order valence-electron chi connectivity index (χ4n) is 7.85. The van der Waals surface area contributed by atoms with Crippen LogP contribution in [0.5, 0.6) is 0 Å². The summed E-state index contributed by atoms with van der Waals surface area (Å²) >= 11 is 0. The summed E-state index contributed by atoms with van der Waals surface area (Å²) in [4.78, 5) is 37.1. The first-order chi connectivity index (χ1) is 18.3. The summed E-state index contributed by atoms with van der Waals surface area (Å²) in [5, 5.41) is 19.3. The topological polar surface area (TPSA) is 95.2 Å². The molecule has 0 bridgehead atoms. The first kappa shape index (κ1) is 34.0. The predicted octanol–water partition coefficient (Wildman–Crippen LogP) is 8.88. The maximum absolute atomic E-state index is 12.9. The van der Waals surface area contributed by atoms with Crippen molar-refractivity contribution in [1.82, 2.24) is 0 Å². The number of carboxylic acid groups (broad SMARTS) is 1. The van der Waals surface area contributed by atoms with E-state index in [1.165, 1.54) is 0 Å². The van der Waals surface area contributed by atoms with E-state index in [1.54, 1.807) is 13.0 Å². The van der Waals surface area contributed by atoms with Crippen LogP contribution in [0.15, 0.2) is 23.3 Å². The Kier molecular flexibility index (Phi) is 10.5. The minimum atomic E-state index is -0.746. The third kappa shape index (κ3) is 7.15. The van der Waals surface area contributed by atoms with Crippen molar-refractivity contribution in [3.63, 3.8) is 0 Å². The molecule has 5 nitrogen and oxygen atoms in total. The molecule has 2 aliphatic carbocycles. The maximum Gasteiger partial charge on any atom is 0.303 e. The molecule has 0 saturated heterocycles. The lowest BCUT2D eigenvalue weighted by Gasteiger charge is -2.59. The monoisotopic (exact) mass is 553 g/mol. The standard InChI is InChI=1S/C35H55NO4/c1-11-14-31(4,5)17-19-33(8,15-13-29(38)39)20-18-32(6,7)35(10)16-12-27-25(3)30(40)26(23-36)22-34(27,9)28(35)21-24(2)37/h21-22,25,27H,11-20H2,1-10H3,(H,38,39)/b28-21-/t25-,27-,33-,34-,35+/m0/s1. The van der Waals surface area contributed by atoms with Crippen molar-refractivity contribution in [3.8, 4) is 6.07 Å². The molecule has 0 radical (unpaired) electrons. The summed E-state index contributed by atoms with van der Waals surface area (Å²) in [6.07, 6.45) is 12.4. The van der Waals surface area contributed by atoms with Crippen LogP contribution in [0.25, 0.3) is 0 Å². The Balaban J connectivity index is 2.48. The van der Waals surface area contributed by atoms with E-state index in [9.17, 15) is 24.8 Å². The van der Waals surface area contributed by atoms with Gasteiger partial charge in [-0.3, -0.25) is 14.4 Å². The van der Waals surface area contributed by atoms with Crippen molar-refractivity contribution >= 4 is 17.5 Å². The van der Waals surface area contributed by atoms with Gasteiger partial charge in [0.1, 0.15) is 6.07 Å². The molecule has 5 atom stereocenters. The minimum absolute atomic E-state index is 0.0141. The van der Waals surface area contributed by atoms with Crippen LogP contribution in [-0.2, 0) is 14.4 Å². The van der Waals surface area contributed by atoms with E-state index in [1.807, 2.05) is 13.0 Å². The number of carbonyl (C=O) groups is 3. The van der Waals surface area contributed by atoms with Gasteiger partial charge >= 0.3 is 5.97 Å². The SMILES string of the molecule is CCCC(C)(C)CC[C@](C)(CCC(=O)O)CCC(C)(C)[C@]1(C)CC[C@H]2[C@H](C)C(=O)C(C#N)=C[C@]2(C)/C1=C/C(C)=O. The van der Waals surface area contributed by atoms with E-state index < -0.39 is 11.4 Å². The quantitative estimate of drug-likeness (QED) is 0.230. The van der Waals surface area contributed by atoms with E-state index in [2.05, 4.69) is 61.5 Å². The highest BCUT2D eigenvalue weighted by atomic mass is 16.4. The second-order valence-electron chi connectivity index (χ2n) is 15.3. The molecule has 2 aliphatic rings. The first-order valence-electron chi connectivity index (χ1n) is 15.4. The summed E-state index contributed by atoms with van der Waals surface area (Å²) in [5.41, 5.74) is 0.307. The predicted molar refractivity (Wildman–Crippen MR) is 161 cm³/mol. The van der Waals surface area contributed by atoms with Crippen molar-refractivity contribution in [2.75, 3.05) is 0 Å². The first-order valence-corrected chi connectivity index (χ1v) is 15.4. The number of aliphatic carboxylic acids is 1. The molecule has 1 saturated carbocycles. The lowest BCUT2D eigenvalue weighted by molar-refractivity contribution is -0.137. The van der Waals surface area contributed by atoms with Gasteiger partial charge in [0, 0.05) is 17.8 Å². The second kappa shape index (κ2) is 12.3. The smallest absolute Gasteiger partial charge is 0.303 e. The largest absolute Gasteiger partial charge is 0.481 e. The van der Waals surface area contributed by atoms with Gasteiger partial charge < -0.3 is 5.11 Å². The Morgan fingerprint density at radius 3 is 2.20 bits per heavy atom. The van der Waals surface area contributed by atoms with Crippen LogP contribution >= 0.6 is 0 Å². The molecule has 0 amide bonds. The number of fused-ring (bicyclic) bond motifs is 1. The Morgan fingerprint density at radius 2 is 1.68 bits per heavy atom. The Labute approximate surface area is 243 Å². The molecule has 0 aliphatic heterocycles. The number of nitrogens with zero attached hydrogens (tertiary/aromatic N) is 1. The number of rotatable bonds is 13. The van der Waals surface area contributed by atoms with Crippen LogP contribution in [0.1, 0.15) is 133 Å². The van der Waals surface area contributed by atoms with Crippen molar-refractivity contribution in [1.29, 1.82) is 5.26 Å². The molecular formula is C35H55NO4. The average Bonchev–Trinajstić information content (AvgIpc) is 2.85. The summed E-state index contributed by atoms with van der Waals surface area (Å²) in [5.74, 6) is -1.06. The Bertz CT molecular complexity index is 1090. The van der Waals surface area contributed by atoms with Gasteiger partial charge in [0.15, 0.2) is 11.6 Å². The maximum atomic E-state index is 12.9. The molecular weight excluding hydrogens is 498 g/mol. The number of Topliss-reactive ketones (excluding diaryl/α,β-unsaturated/α-hetero) is 1. The number of nitriles is 1. The lowest BCUT2D eigenvalue weighted by Crippen LogP contribution is -2.52. The van der Waals surface area contributed by atoms with Gasteiger partial charge in [-0.05, 0) is 91.9 Å². The number of hydrogen-bond donors (Lipinski definition) is 1. The molecule has 0 aromatic rings. The number of hydrogen-bond acceptors (Lipinski definition) is 4. The van der Waals surface area contributed by atoms with Gasteiger partial charge in [-0.2, -0.15) is 5.26 Å². The van der Waals surface area contributed by atoms with E-state index in [4.69, 9.17) is 0 Å². The number of allylic oxidation sites excluding steroid dienone is 4. The normalized spacial score (nSPS) is 29.8. The second-order valence-corrected chi connectivity index (χ2v) is 15.3. The van der Waals surface area contributed by atoms with Crippen LogP contribution in [0.2, 0.25) is 0 Å². The van der Waals surface area contributed by atoms with Gasteiger partial charge in [0.2, 0.25) is 0 Å². The Hall–Kier alpha value is -2.22. The summed E-state index contributed by atoms with van der Waals surface area (Å²) in [7, 11) is 0. The summed E-state index contributed by atoms with van der Waals surface area (Å²) < 4.78 is 0. The Morgan fingerprint density at radius 1 is 1.07 bits per heavy atom. The van der Waals surface area contributed by atoms with Crippen LogP contribution < -0.4 is 0 Å². The van der Waals surface area contributed by atoms with Gasteiger partial charge in [-0.1, -0.05) is 80.4 Å². The van der Waals surface area contributed by atoms with Crippen molar-refractivity contribution in [2.24, 2.45) is 38.9 Å². The summed E-state index contributed by atoms with van der Waals surface area (Å²) in [6, 6.07) is 2.14. The van der Waals surface area contributed by atoms with Crippen molar-refractivity contribution in [2.45, 2.75) is 133 Å². The zero-order valence-corrected chi connectivity index (χ0v) is 27.0. The highest BCUT2D eigenvalue weighted by Crippen LogP contribution is 2.65. The molecule has 1 N–H and O–H groups in total. The van der Waals surface area contributed by atoms with Crippen LogP contribution in [0.3, 0.4) is 0 Å². The summed E-state index contributed by atoms with van der Waals surface area (Å²) in [6.45, 7) is 21.6. The fraction of sp³-hybridized carbons (Fsp3) is 0.771. The fourth-order valence-corrected chi connectivity index (χ4v) is 7.85. The molecule has 5 heteroatoms. The van der Waals surface area contributed by atoms with Gasteiger partial charge in [0.25, 0.3) is 0 Å². The van der Waals surface area contributed by atoms with Gasteiger partial charge in [-0.15, -0.1) is 0 Å². The number of carbonyl (C=O) groups excluding carboxylic acids is 2. The molecule has 0 heterocycles. The molecule has 224 valence electrons. The van der Waals surface area contributed by atoms with E-state index >= 15 is 0 Å². The number of ketones is 2. The van der Waals surface area contributed by atoms with Crippen molar-refractivity contribution < 1.29 is 19.5 Å². The van der Waals surface area contributed by atoms with Gasteiger partial charge in [-0.25, -0.2) is 0 Å². The molecule has 0 aromatic carbocycles. The van der Waals surface area contributed by atoms with E-state index in [-0.39, 0.29) is 57.1 Å². The zero-order valence-electron chi connectivity index (χ0n) is 27.0. The molecule has 0 spiro atoms. The van der Waals surface area contributed by atoms with E-state index in [0.717, 1.165) is 56.9 Å².